The van der Waals surface area contributed by atoms with Crippen molar-refractivity contribution in [1.29, 1.82) is 0 Å². The summed E-state index contributed by atoms with van der Waals surface area (Å²) >= 11 is 1.46. The number of thiazole rings is 1. The Bertz CT molecular complexity index is 792. The van der Waals surface area contributed by atoms with E-state index in [2.05, 4.69) is 34.7 Å². The number of anilines is 1. The largest absolute Gasteiger partial charge is 0.344 e. The van der Waals surface area contributed by atoms with E-state index in [-0.39, 0.29) is 17.7 Å². The van der Waals surface area contributed by atoms with Gasteiger partial charge in [0.2, 0.25) is 11.8 Å². The standard InChI is InChI=1S/C20H25N3O2S/c1-12-8-10-16(11-9-12)17-13(2)26-20(22-17)23-19(25)18(21-14(3)24)15-6-4-5-7-15/h8-11,15,18H,4-7H2,1-3H3,(H,21,24)(H,22,23,25). The smallest absolute Gasteiger partial charge is 0.249 e. The van der Waals surface area contributed by atoms with Crippen LogP contribution in [-0.2, 0) is 9.59 Å². The molecule has 0 radical (unpaired) electrons. The lowest BCUT2D eigenvalue weighted by atomic mass is 9.97. The Morgan fingerprint density at radius 2 is 1.81 bits per heavy atom. The van der Waals surface area contributed by atoms with E-state index in [1.54, 1.807) is 0 Å². The van der Waals surface area contributed by atoms with Crippen LogP contribution >= 0.6 is 11.3 Å². The molecule has 1 aromatic heterocycles. The highest BCUT2D eigenvalue weighted by atomic mass is 32.1. The molecule has 2 N–H and O–H groups in total. The molecule has 138 valence electrons. The van der Waals surface area contributed by atoms with Crippen LogP contribution in [-0.4, -0.2) is 22.8 Å². The Morgan fingerprint density at radius 1 is 1.15 bits per heavy atom. The molecule has 0 spiro atoms. The molecule has 1 aromatic carbocycles. The number of aryl methyl sites for hydroxylation is 2. The summed E-state index contributed by atoms with van der Waals surface area (Å²) in [6.07, 6.45) is 4.18. The quantitative estimate of drug-likeness (QED) is 0.832. The predicted octanol–water partition coefficient (Wildman–Crippen LogP) is 4.06. The van der Waals surface area contributed by atoms with Gasteiger partial charge in [0.25, 0.3) is 0 Å². The maximum Gasteiger partial charge on any atom is 0.249 e. The third-order valence-corrected chi connectivity index (χ3v) is 5.75. The van der Waals surface area contributed by atoms with Gasteiger partial charge in [-0.3, -0.25) is 9.59 Å². The molecular weight excluding hydrogens is 346 g/mol. The van der Waals surface area contributed by atoms with Crippen molar-refractivity contribution in [3.05, 3.63) is 34.7 Å². The van der Waals surface area contributed by atoms with Gasteiger partial charge in [0.15, 0.2) is 5.13 Å². The van der Waals surface area contributed by atoms with Gasteiger partial charge in [0.1, 0.15) is 6.04 Å². The molecule has 2 aromatic rings. The van der Waals surface area contributed by atoms with E-state index >= 15 is 0 Å². The average Bonchev–Trinajstić information content (AvgIpc) is 3.23. The van der Waals surface area contributed by atoms with Crippen LogP contribution in [0, 0.1) is 19.8 Å². The monoisotopic (exact) mass is 371 g/mol. The van der Waals surface area contributed by atoms with Crippen LogP contribution in [0.25, 0.3) is 11.3 Å². The first-order valence-corrected chi connectivity index (χ1v) is 9.88. The number of hydrogen-bond acceptors (Lipinski definition) is 4. The van der Waals surface area contributed by atoms with Crippen LogP contribution in [0.15, 0.2) is 24.3 Å². The fourth-order valence-corrected chi connectivity index (χ4v) is 4.36. The van der Waals surface area contributed by atoms with Crippen molar-refractivity contribution >= 4 is 28.3 Å². The van der Waals surface area contributed by atoms with Gasteiger partial charge in [0, 0.05) is 17.4 Å². The lowest BCUT2D eigenvalue weighted by Crippen LogP contribution is -2.47. The number of hydrogen-bond donors (Lipinski definition) is 2. The van der Waals surface area contributed by atoms with Crippen molar-refractivity contribution in [3.8, 4) is 11.3 Å². The molecule has 0 bridgehead atoms. The summed E-state index contributed by atoms with van der Waals surface area (Å²) < 4.78 is 0. The summed E-state index contributed by atoms with van der Waals surface area (Å²) in [4.78, 5) is 30.0. The molecule has 5 nitrogen and oxygen atoms in total. The first-order valence-electron chi connectivity index (χ1n) is 9.06. The summed E-state index contributed by atoms with van der Waals surface area (Å²) in [5.41, 5.74) is 3.13. The Balaban J connectivity index is 1.76. The molecule has 0 saturated heterocycles. The highest BCUT2D eigenvalue weighted by Gasteiger charge is 2.31. The molecule has 1 saturated carbocycles. The van der Waals surface area contributed by atoms with Crippen molar-refractivity contribution in [1.82, 2.24) is 10.3 Å². The van der Waals surface area contributed by atoms with Crippen molar-refractivity contribution < 1.29 is 9.59 Å². The maximum atomic E-state index is 12.8. The van der Waals surface area contributed by atoms with Crippen LogP contribution in [0.3, 0.4) is 0 Å². The minimum Gasteiger partial charge on any atom is -0.344 e. The van der Waals surface area contributed by atoms with Gasteiger partial charge in [-0.05, 0) is 32.6 Å². The highest BCUT2D eigenvalue weighted by Crippen LogP contribution is 2.32. The minimum absolute atomic E-state index is 0.170. The zero-order chi connectivity index (χ0) is 18.7. The van der Waals surface area contributed by atoms with E-state index in [9.17, 15) is 9.59 Å². The molecule has 1 aliphatic carbocycles. The van der Waals surface area contributed by atoms with E-state index in [4.69, 9.17) is 0 Å². The second-order valence-corrected chi connectivity index (χ2v) is 8.21. The second kappa shape index (κ2) is 7.99. The van der Waals surface area contributed by atoms with Crippen LogP contribution < -0.4 is 10.6 Å². The van der Waals surface area contributed by atoms with Gasteiger partial charge in [-0.15, -0.1) is 11.3 Å². The lowest BCUT2D eigenvalue weighted by Gasteiger charge is -2.22. The zero-order valence-electron chi connectivity index (χ0n) is 15.5. The average molecular weight is 372 g/mol. The molecule has 1 unspecified atom stereocenters. The van der Waals surface area contributed by atoms with Gasteiger partial charge >= 0.3 is 0 Å². The van der Waals surface area contributed by atoms with Gasteiger partial charge in [-0.1, -0.05) is 42.7 Å². The van der Waals surface area contributed by atoms with E-state index < -0.39 is 6.04 Å². The first-order chi connectivity index (χ1) is 12.4. The fraction of sp³-hybridized carbons (Fsp3) is 0.450. The van der Waals surface area contributed by atoms with Crippen molar-refractivity contribution in [2.45, 2.75) is 52.5 Å². The fourth-order valence-electron chi connectivity index (χ4n) is 3.52. The topological polar surface area (TPSA) is 71.1 Å². The Hall–Kier alpha value is -2.21. The van der Waals surface area contributed by atoms with Crippen LogP contribution in [0.2, 0.25) is 0 Å². The molecule has 1 aliphatic rings. The number of carbonyl (C=O) groups is 2. The molecule has 1 heterocycles. The summed E-state index contributed by atoms with van der Waals surface area (Å²) in [5.74, 6) is -0.138. The predicted molar refractivity (Wildman–Crippen MR) is 105 cm³/mol. The number of nitrogens with one attached hydrogen (secondary N) is 2. The molecular formula is C20H25N3O2S. The van der Waals surface area contributed by atoms with E-state index in [0.717, 1.165) is 41.8 Å². The van der Waals surface area contributed by atoms with Gasteiger partial charge in [0.05, 0.1) is 5.69 Å². The van der Waals surface area contributed by atoms with Crippen LogP contribution in [0.4, 0.5) is 5.13 Å². The number of rotatable bonds is 5. The molecule has 2 amide bonds. The third kappa shape index (κ3) is 4.30. The molecule has 0 aliphatic heterocycles. The molecule has 1 fully saturated rings. The third-order valence-electron chi connectivity index (χ3n) is 4.86. The molecule has 26 heavy (non-hydrogen) atoms. The van der Waals surface area contributed by atoms with E-state index in [0.29, 0.717) is 5.13 Å². The normalized spacial score (nSPS) is 15.7. The lowest BCUT2D eigenvalue weighted by molar-refractivity contribution is -0.126. The SMILES string of the molecule is CC(=O)NC(C(=O)Nc1nc(-c2ccc(C)cc2)c(C)s1)C1CCCC1. The Morgan fingerprint density at radius 3 is 2.42 bits per heavy atom. The molecule has 1 atom stereocenters. The summed E-state index contributed by atoms with van der Waals surface area (Å²) in [7, 11) is 0. The molecule has 3 rings (SSSR count). The van der Waals surface area contributed by atoms with Crippen molar-refractivity contribution in [3.63, 3.8) is 0 Å². The first kappa shape index (κ1) is 18.6. The molecule has 6 heteroatoms. The second-order valence-electron chi connectivity index (χ2n) is 7.00. The highest BCUT2D eigenvalue weighted by molar-refractivity contribution is 7.16. The van der Waals surface area contributed by atoms with Crippen molar-refractivity contribution in [2.24, 2.45) is 5.92 Å². The van der Waals surface area contributed by atoms with Gasteiger partial charge in [-0.2, -0.15) is 0 Å². The number of nitrogens with zero attached hydrogens (tertiary/aromatic N) is 1. The van der Waals surface area contributed by atoms with Crippen molar-refractivity contribution in [2.75, 3.05) is 5.32 Å². The van der Waals surface area contributed by atoms with Gasteiger partial charge in [-0.25, -0.2) is 4.98 Å². The Kier molecular flexibility index (Phi) is 5.71. The summed E-state index contributed by atoms with van der Waals surface area (Å²) in [6.45, 7) is 5.51. The number of benzene rings is 1. The van der Waals surface area contributed by atoms with E-state index in [1.807, 2.05) is 19.1 Å². The maximum absolute atomic E-state index is 12.8. The van der Waals surface area contributed by atoms with E-state index in [1.165, 1.54) is 23.8 Å². The number of carbonyl (C=O) groups excluding carboxylic acids is 2. The number of amides is 2. The number of aromatic nitrogens is 1. The van der Waals surface area contributed by atoms with Gasteiger partial charge < -0.3 is 10.6 Å². The summed E-state index contributed by atoms with van der Waals surface area (Å²) in [5, 5.41) is 6.33. The summed E-state index contributed by atoms with van der Waals surface area (Å²) in [6, 6.07) is 7.71. The van der Waals surface area contributed by atoms with Crippen LogP contribution in [0.1, 0.15) is 43.0 Å². The van der Waals surface area contributed by atoms with Crippen LogP contribution in [0.5, 0.6) is 0 Å². The zero-order valence-corrected chi connectivity index (χ0v) is 16.3. The Labute approximate surface area is 158 Å². The minimum atomic E-state index is -0.484.